The lowest BCUT2D eigenvalue weighted by molar-refractivity contribution is 0.0222. The van der Waals surface area contributed by atoms with E-state index in [2.05, 4.69) is 0 Å². The summed E-state index contributed by atoms with van der Waals surface area (Å²) in [6.45, 7) is 6.96. The predicted octanol–water partition coefficient (Wildman–Crippen LogP) is 6.28. The molecule has 1 aromatic heterocycles. The van der Waals surface area contributed by atoms with Crippen molar-refractivity contribution in [2.45, 2.75) is 77.5 Å². The molecule has 204 valence electrons. The molecule has 0 atom stereocenters. The van der Waals surface area contributed by atoms with E-state index in [-0.39, 0.29) is 17.7 Å². The molecule has 11 heteroatoms. The van der Waals surface area contributed by atoms with Gasteiger partial charge in [-0.25, -0.2) is 13.6 Å². The Kier molecular flexibility index (Phi) is 6.91. The fourth-order valence-electron chi connectivity index (χ4n) is 5.52. The molecule has 2 N–H and O–H groups in total. The van der Waals surface area contributed by atoms with E-state index in [9.17, 15) is 22.7 Å². The van der Waals surface area contributed by atoms with Crippen molar-refractivity contribution in [3.8, 4) is 0 Å². The Bertz CT molecular complexity index is 1170. The summed E-state index contributed by atoms with van der Waals surface area (Å²) >= 11 is 0. The number of anilines is 2. The average molecular weight is 539 g/mol. The van der Waals surface area contributed by atoms with Gasteiger partial charge >= 0.3 is 6.09 Å². The molecular weight excluding hydrogens is 502 g/mol. The first-order valence-corrected chi connectivity index (χ1v) is 14.8. The van der Waals surface area contributed by atoms with Gasteiger partial charge in [-0.3, -0.25) is 13.8 Å². The molecule has 3 aliphatic heterocycles. The monoisotopic (exact) mass is 538 g/mol. The standard InChI is InChI=1S/C26H36F2N4O4S/c1-26(2,3)36-25(33)30-12-8-21-20(16-30)24(29-32(21)19-9-13-37(34,35)14-10-19)31-11-4-5-17-6-7-18(23(27)28)15-22(17)31/h6-7,15,19,23,34-35H,4-5,8-14,16H2,1-3H3. The third-order valence-corrected chi connectivity index (χ3v) is 9.13. The normalized spacial score (nSPS) is 21.0. The highest BCUT2D eigenvalue weighted by Crippen LogP contribution is 2.48. The predicted molar refractivity (Wildman–Crippen MR) is 140 cm³/mol. The van der Waals surface area contributed by atoms with Crippen LogP contribution in [0.5, 0.6) is 0 Å². The summed E-state index contributed by atoms with van der Waals surface area (Å²) in [6.07, 6.45) is 0.528. The first kappa shape index (κ1) is 26.2. The lowest BCUT2D eigenvalue weighted by Crippen LogP contribution is -2.40. The Labute approximate surface area is 217 Å². The SMILES string of the molecule is CC(C)(C)OC(=O)N1CCc2c(c(N3CCCc4ccc(C(F)F)cc43)nn2C2CCS(O)(O)CC2)C1. The maximum atomic E-state index is 13.6. The highest BCUT2D eigenvalue weighted by atomic mass is 32.3. The zero-order chi connectivity index (χ0) is 26.5. The number of rotatable bonds is 3. The summed E-state index contributed by atoms with van der Waals surface area (Å²) in [5, 5.41) is 5.05. The highest BCUT2D eigenvalue weighted by molar-refractivity contribution is 8.24. The molecule has 2 aromatic rings. The maximum Gasteiger partial charge on any atom is 0.410 e. The fourth-order valence-corrected chi connectivity index (χ4v) is 7.02. The molecule has 8 nitrogen and oxygen atoms in total. The molecule has 0 aliphatic carbocycles. The van der Waals surface area contributed by atoms with Crippen LogP contribution in [0.3, 0.4) is 0 Å². The minimum Gasteiger partial charge on any atom is -0.444 e. The van der Waals surface area contributed by atoms with Gasteiger partial charge in [0.25, 0.3) is 6.43 Å². The molecule has 1 fully saturated rings. The second-order valence-electron chi connectivity index (χ2n) is 11.2. The molecule has 0 bridgehead atoms. The highest BCUT2D eigenvalue weighted by Gasteiger charge is 2.36. The Hall–Kier alpha value is -2.37. The van der Waals surface area contributed by atoms with Crippen LogP contribution >= 0.6 is 10.6 Å². The van der Waals surface area contributed by atoms with Crippen molar-refractivity contribution in [2.24, 2.45) is 0 Å². The third-order valence-electron chi connectivity index (χ3n) is 7.35. The van der Waals surface area contributed by atoms with E-state index in [1.54, 1.807) is 17.0 Å². The number of alkyl halides is 2. The minimum atomic E-state index is -2.56. The maximum absolute atomic E-state index is 13.6. The van der Waals surface area contributed by atoms with Gasteiger partial charge in [0.1, 0.15) is 5.60 Å². The van der Waals surface area contributed by atoms with Gasteiger partial charge in [0.2, 0.25) is 0 Å². The van der Waals surface area contributed by atoms with Gasteiger partial charge in [0.05, 0.1) is 12.6 Å². The van der Waals surface area contributed by atoms with Gasteiger partial charge < -0.3 is 14.5 Å². The van der Waals surface area contributed by atoms with Crippen LogP contribution in [-0.4, -0.2) is 60.1 Å². The topological polar surface area (TPSA) is 91.1 Å². The van der Waals surface area contributed by atoms with E-state index in [0.29, 0.717) is 56.2 Å². The van der Waals surface area contributed by atoms with E-state index in [1.165, 1.54) is 6.07 Å². The number of nitrogens with zero attached hydrogens (tertiary/aromatic N) is 4. The van der Waals surface area contributed by atoms with E-state index in [1.807, 2.05) is 30.4 Å². The van der Waals surface area contributed by atoms with Crippen LogP contribution in [0.25, 0.3) is 0 Å². The van der Waals surface area contributed by atoms with Gasteiger partial charge in [-0.2, -0.15) is 15.7 Å². The first-order chi connectivity index (χ1) is 17.4. The lowest BCUT2D eigenvalue weighted by atomic mass is 9.98. The van der Waals surface area contributed by atoms with Gasteiger partial charge in [0.15, 0.2) is 5.82 Å². The van der Waals surface area contributed by atoms with Crippen LogP contribution in [0, 0.1) is 0 Å². The summed E-state index contributed by atoms with van der Waals surface area (Å²) in [5.41, 5.74) is 3.04. The number of aryl methyl sites for hydroxylation is 1. The number of aromatic nitrogens is 2. The number of benzene rings is 1. The number of carbonyl (C=O) groups is 1. The number of ether oxygens (including phenoxy) is 1. The van der Waals surface area contributed by atoms with Crippen molar-refractivity contribution in [1.82, 2.24) is 14.7 Å². The Balaban J connectivity index is 1.55. The van der Waals surface area contributed by atoms with E-state index < -0.39 is 22.6 Å². The smallest absolute Gasteiger partial charge is 0.410 e. The van der Waals surface area contributed by atoms with E-state index in [0.717, 1.165) is 35.3 Å². The van der Waals surface area contributed by atoms with Crippen LogP contribution in [-0.2, 0) is 24.1 Å². The zero-order valence-electron chi connectivity index (χ0n) is 21.6. The molecule has 1 saturated heterocycles. The van der Waals surface area contributed by atoms with Crippen LogP contribution in [0.15, 0.2) is 18.2 Å². The van der Waals surface area contributed by atoms with Crippen molar-refractivity contribution in [3.63, 3.8) is 0 Å². The largest absolute Gasteiger partial charge is 0.444 e. The molecule has 5 rings (SSSR count). The number of carbonyl (C=O) groups excluding carboxylic acids is 1. The summed E-state index contributed by atoms with van der Waals surface area (Å²) in [7, 11) is -2.54. The zero-order valence-corrected chi connectivity index (χ0v) is 22.4. The summed E-state index contributed by atoms with van der Waals surface area (Å²) in [6, 6.07) is 4.86. The van der Waals surface area contributed by atoms with E-state index >= 15 is 0 Å². The lowest BCUT2D eigenvalue weighted by Gasteiger charge is -2.39. The average Bonchev–Trinajstić information content (AvgIpc) is 3.21. The molecule has 0 spiro atoms. The molecular formula is C26H36F2N4O4S. The Morgan fingerprint density at radius 3 is 2.57 bits per heavy atom. The summed E-state index contributed by atoms with van der Waals surface area (Å²) in [5.74, 6) is 1.37. The van der Waals surface area contributed by atoms with Crippen LogP contribution in [0.2, 0.25) is 0 Å². The molecule has 0 radical (unpaired) electrons. The Morgan fingerprint density at radius 1 is 1.16 bits per heavy atom. The van der Waals surface area contributed by atoms with Crippen LogP contribution < -0.4 is 4.90 Å². The van der Waals surface area contributed by atoms with Gasteiger partial charge in [-0.05, 0) is 58.1 Å². The molecule has 37 heavy (non-hydrogen) atoms. The van der Waals surface area contributed by atoms with Gasteiger partial charge in [-0.15, -0.1) is 0 Å². The fraction of sp³-hybridized carbons (Fsp3) is 0.615. The third kappa shape index (κ3) is 5.44. The molecule has 1 amide bonds. The number of hydrogen-bond donors (Lipinski definition) is 2. The quantitative estimate of drug-likeness (QED) is 0.478. The summed E-state index contributed by atoms with van der Waals surface area (Å²) in [4.78, 5) is 16.6. The molecule has 1 aromatic carbocycles. The molecule has 4 heterocycles. The number of amides is 1. The summed E-state index contributed by atoms with van der Waals surface area (Å²) < 4.78 is 55.1. The molecule has 0 unspecified atom stereocenters. The minimum absolute atomic E-state index is 0.0205. The van der Waals surface area contributed by atoms with Gasteiger partial charge in [-0.1, -0.05) is 12.1 Å². The van der Waals surface area contributed by atoms with Crippen LogP contribution in [0.4, 0.5) is 25.1 Å². The molecule has 0 saturated carbocycles. The number of fused-ring (bicyclic) bond motifs is 2. The van der Waals surface area contributed by atoms with Crippen molar-refractivity contribution in [1.29, 1.82) is 0 Å². The van der Waals surface area contributed by atoms with Crippen molar-refractivity contribution in [2.75, 3.05) is 29.5 Å². The Morgan fingerprint density at radius 2 is 1.89 bits per heavy atom. The second-order valence-corrected chi connectivity index (χ2v) is 13.7. The van der Waals surface area contributed by atoms with Crippen LogP contribution in [0.1, 0.15) is 74.9 Å². The molecule has 3 aliphatic rings. The van der Waals surface area contributed by atoms with Crippen molar-refractivity contribution >= 4 is 28.2 Å². The number of hydrogen-bond acceptors (Lipinski definition) is 6. The van der Waals surface area contributed by atoms with Crippen molar-refractivity contribution < 1.29 is 27.4 Å². The van der Waals surface area contributed by atoms with E-state index in [4.69, 9.17) is 9.84 Å². The first-order valence-electron chi connectivity index (χ1n) is 12.9. The van der Waals surface area contributed by atoms with Gasteiger partial charge in [0, 0.05) is 53.5 Å². The second kappa shape index (κ2) is 9.74. The van der Waals surface area contributed by atoms with Crippen molar-refractivity contribution in [3.05, 3.63) is 40.6 Å². The number of halogens is 2.